The molecule has 13 nitrogen and oxygen atoms in total. The molecule has 4 N–H and O–H groups in total. The molecule has 0 aliphatic carbocycles. The highest BCUT2D eigenvalue weighted by Crippen LogP contribution is 2.36. The van der Waals surface area contributed by atoms with Gasteiger partial charge in [-0.3, -0.25) is 13.9 Å². The predicted molar refractivity (Wildman–Crippen MR) is 103 cm³/mol. The van der Waals surface area contributed by atoms with Crippen LogP contribution in [-0.4, -0.2) is 48.6 Å². The summed E-state index contributed by atoms with van der Waals surface area (Å²) in [6, 6.07) is 6.93. The van der Waals surface area contributed by atoms with Gasteiger partial charge in [0.05, 0.1) is 21.2 Å². The maximum Gasteiger partial charge on any atom is 0.353 e. The summed E-state index contributed by atoms with van der Waals surface area (Å²) < 4.78 is 63.1. The van der Waals surface area contributed by atoms with Crippen LogP contribution in [0.4, 0.5) is 11.4 Å². The Balaban J connectivity index is 2.09. The number of anilines is 1. The minimum absolute atomic E-state index is 0.0161. The van der Waals surface area contributed by atoms with Crippen LogP contribution in [-0.2, 0) is 29.8 Å². The lowest BCUT2D eigenvalue weighted by Gasteiger charge is -2.16. The molecule has 1 amide bonds. The molecule has 1 heterocycles. The summed E-state index contributed by atoms with van der Waals surface area (Å²) in [7, 11) is -9.14. The van der Waals surface area contributed by atoms with E-state index in [1.807, 2.05) is 0 Å². The van der Waals surface area contributed by atoms with Crippen LogP contribution < -0.4 is 5.01 Å². The van der Waals surface area contributed by atoms with E-state index < -0.39 is 53.5 Å². The van der Waals surface area contributed by atoms with E-state index in [9.17, 15) is 31.5 Å². The highest BCUT2D eigenvalue weighted by Gasteiger charge is 2.43. The molecule has 3 rings (SSSR count). The molecule has 0 unspecified atom stereocenters. The van der Waals surface area contributed by atoms with Crippen molar-refractivity contribution in [2.24, 2.45) is 10.2 Å². The summed E-state index contributed by atoms with van der Waals surface area (Å²) >= 11 is 0. The zero-order chi connectivity index (χ0) is 23.1. The molecule has 31 heavy (non-hydrogen) atoms. The molecule has 0 spiro atoms. The number of amides is 1. The zero-order valence-electron chi connectivity index (χ0n) is 15.1. The summed E-state index contributed by atoms with van der Waals surface area (Å²) in [5.41, 5.74) is 6.03. The Kier molecular flexibility index (Phi) is 5.45. The molecule has 1 atom stereocenters. The number of carboxylic acids is 1. The molecule has 1 aliphatic heterocycles. The monoisotopic (exact) mass is 468 g/mol. The van der Waals surface area contributed by atoms with Gasteiger partial charge in [0, 0.05) is 0 Å². The number of aliphatic carboxylic acids is 1. The molecule has 0 saturated carbocycles. The van der Waals surface area contributed by atoms with Crippen molar-refractivity contribution in [2.45, 2.75) is 15.7 Å². The molecule has 0 fully saturated rings. The van der Waals surface area contributed by atoms with Crippen molar-refractivity contribution >= 4 is 49.2 Å². The number of carboxylic acid groups (broad SMARTS) is 1. The third-order valence-electron chi connectivity index (χ3n) is 4.27. The van der Waals surface area contributed by atoms with Gasteiger partial charge < -0.3 is 5.11 Å². The number of benzene rings is 2. The van der Waals surface area contributed by atoms with Gasteiger partial charge in [0.1, 0.15) is 5.92 Å². The van der Waals surface area contributed by atoms with Crippen LogP contribution in [0.15, 0.2) is 62.5 Å². The quantitative estimate of drug-likeness (QED) is 0.355. The van der Waals surface area contributed by atoms with E-state index in [1.54, 1.807) is 0 Å². The number of hydrogen-bond donors (Lipinski definition) is 4. The molecule has 0 radical (unpaired) electrons. The first-order valence-electron chi connectivity index (χ1n) is 8.07. The fraction of sp³-hybridized carbons (Fsp3) is 0.0625. The Labute approximate surface area is 174 Å². The fourth-order valence-corrected chi connectivity index (χ4v) is 3.85. The lowest BCUT2D eigenvalue weighted by Crippen LogP contribution is -2.28. The maximum absolute atomic E-state index is 13.0. The topological polar surface area (TPSA) is 215 Å². The second-order valence-corrected chi connectivity index (χ2v) is 8.99. The second kappa shape index (κ2) is 7.62. The third kappa shape index (κ3) is 4.19. The molecule has 0 saturated heterocycles. The van der Waals surface area contributed by atoms with E-state index in [4.69, 9.17) is 14.6 Å². The molecule has 162 valence electrons. The van der Waals surface area contributed by atoms with Gasteiger partial charge in [-0.15, -0.1) is 0 Å². The Bertz CT molecular complexity index is 1350. The highest BCUT2D eigenvalue weighted by atomic mass is 32.2. The minimum Gasteiger partial charge on any atom is -0.477 e. The van der Waals surface area contributed by atoms with Gasteiger partial charge in [0.15, 0.2) is 5.71 Å². The van der Waals surface area contributed by atoms with E-state index in [2.05, 4.69) is 10.2 Å². The number of carbonyl (C=O) groups is 2. The van der Waals surface area contributed by atoms with Crippen LogP contribution in [0.25, 0.3) is 0 Å². The molecule has 2 aromatic rings. The number of nitrogens with zero attached hydrogens (tertiary/aromatic N) is 3. The number of hydrogen-bond acceptors (Lipinski definition) is 9. The Hall–Kier alpha value is -3.53. The SMILES string of the molecule is N=Nc1cc(S(=O)(=O)O)ccc1[C@H]1C(=O)N(c2ccc(S(=O)(=O)O)cc2)N=C1C(=O)O. The van der Waals surface area contributed by atoms with Crippen molar-refractivity contribution < 1.29 is 40.6 Å². The van der Waals surface area contributed by atoms with Crippen molar-refractivity contribution in [3.63, 3.8) is 0 Å². The highest BCUT2D eigenvalue weighted by molar-refractivity contribution is 7.86. The second-order valence-electron chi connectivity index (χ2n) is 6.15. The first-order chi connectivity index (χ1) is 14.3. The zero-order valence-corrected chi connectivity index (χ0v) is 16.7. The van der Waals surface area contributed by atoms with Crippen molar-refractivity contribution in [3.8, 4) is 0 Å². The average molecular weight is 468 g/mol. The van der Waals surface area contributed by atoms with Gasteiger partial charge in [-0.2, -0.15) is 32.1 Å². The lowest BCUT2D eigenvalue weighted by molar-refractivity contribution is -0.130. The lowest BCUT2D eigenvalue weighted by atomic mass is 9.92. The van der Waals surface area contributed by atoms with Gasteiger partial charge in [-0.05, 0) is 42.0 Å². The maximum atomic E-state index is 13.0. The number of carbonyl (C=O) groups excluding carboxylic acids is 1. The van der Waals surface area contributed by atoms with E-state index in [1.165, 1.54) is 0 Å². The van der Waals surface area contributed by atoms with Crippen LogP contribution >= 0.6 is 0 Å². The summed E-state index contributed by atoms with van der Waals surface area (Å²) in [6.45, 7) is 0. The number of hydrazone groups is 1. The van der Waals surface area contributed by atoms with Gasteiger partial charge in [0.2, 0.25) is 0 Å². The molecule has 2 aromatic carbocycles. The molecule has 0 aromatic heterocycles. The Morgan fingerprint density at radius 2 is 1.55 bits per heavy atom. The van der Waals surface area contributed by atoms with Crippen LogP contribution in [0.2, 0.25) is 0 Å². The molecular weight excluding hydrogens is 456 g/mol. The summed E-state index contributed by atoms with van der Waals surface area (Å²) in [6.07, 6.45) is 0. The van der Waals surface area contributed by atoms with Crippen LogP contribution in [0.3, 0.4) is 0 Å². The van der Waals surface area contributed by atoms with Gasteiger partial charge in [0.25, 0.3) is 26.1 Å². The van der Waals surface area contributed by atoms with Crippen molar-refractivity contribution in [1.82, 2.24) is 0 Å². The van der Waals surface area contributed by atoms with E-state index in [-0.39, 0.29) is 16.9 Å². The van der Waals surface area contributed by atoms with E-state index in [0.29, 0.717) is 5.01 Å². The first-order valence-corrected chi connectivity index (χ1v) is 10.9. The van der Waals surface area contributed by atoms with Gasteiger partial charge in [-0.25, -0.2) is 10.3 Å². The van der Waals surface area contributed by atoms with Gasteiger partial charge in [-0.1, -0.05) is 6.07 Å². The van der Waals surface area contributed by atoms with Crippen LogP contribution in [0.1, 0.15) is 11.5 Å². The van der Waals surface area contributed by atoms with Gasteiger partial charge >= 0.3 is 5.97 Å². The number of nitrogens with one attached hydrogen (secondary N) is 1. The average Bonchev–Trinajstić information content (AvgIpc) is 3.03. The van der Waals surface area contributed by atoms with Crippen molar-refractivity contribution in [1.29, 1.82) is 5.53 Å². The minimum atomic E-state index is -4.64. The summed E-state index contributed by atoms with van der Waals surface area (Å²) in [5, 5.41) is 17.0. The van der Waals surface area contributed by atoms with Crippen LogP contribution in [0.5, 0.6) is 0 Å². The predicted octanol–water partition coefficient (Wildman–Crippen LogP) is 1.41. The standard InChI is InChI=1S/C16H12N4O9S2/c17-18-12-7-10(31(27,28)29)5-6-11(12)13-14(16(22)23)19-20(15(13)21)8-1-3-9(4-2-8)30(24,25)26/h1-7,13,17H,(H,22,23)(H,24,25,26)(H,27,28,29)/t13-/m1/s1. The van der Waals surface area contributed by atoms with Crippen LogP contribution in [0, 0.1) is 5.53 Å². The Morgan fingerprint density at radius 3 is 2.03 bits per heavy atom. The normalized spacial score (nSPS) is 16.8. The fourth-order valence-electron chi connectivity index (χ4n) is 2.87. The smallest absolute Gasteiger partial charge is 0.353 e. The van der Waals surface area contributed by atoms with E-state index in [0.717, 1.165) is 42.5 Å². The molecular formula is C16H12N4O9S2. The van der Waals surface area contributed by atoms with Crippen molar-refractivity contribution in [2.75, 3.05) is 5.01 Å². The molecule has 1 aliphatic rings. The molecule has 0 bridgehead atoms. The molecule has 15 heteroatoms. The van der Waals surface area contributed by atoms with Crippen molar-refractivity contribution in [3.05, 3.63) is 48.0 Å². The third-order valence-corrected chi connectivity index (χ3v) is 5.98. The van der Waals surface area contributed by atoms with E-state index >= 15 is 0 Å². The Morgan fingerprint density at radius 1 is 1.00 bits per heavy atom. The summed E-state index contributed by atoms with van der Waals surface area (Å²) in [5.74, 6) is -4.05. The number of rotatable bonds is 6. The summed E-state index contributed by atoms with van der Waals surface area (Å²) in [4.78, 5) is 23.6. The first kappa shape index (κ1) is 22.2. The largest absolute Gasteiger partial charge is 0.477 e.